The van der Waals surface area contributed by atoms with Crippen LogP contribution in [0.1, 0.15) is 28.8 Å². The molecular weight excluding hydrogens is 397 g/mol. The van der Waals surface area contributed by atoms with Crippen LogP contribution >= 0.6 is 0 Å². The SMILES string of the molecule is O=C(CCc1ccc(OC(F)F)cc1)N1CCCN(C(=O)c2ccccc2F)CC1. The molecule has 3 rings (SSSR count). The lowest BCUT2D eigenvalue weighted by Crippen LogP contribution is -2.37. The van der Waals surface area contributed by atoms with Crippen molar-refractivity contribution in [2.45, 2.75) is 25.9 Å². The van der Waals surface area contributed by atoms with E-state index in [9.17, 15) is 22.8 Å². The minimum absolute atomic E-state index is 0.0385. The lowest BCUT2D eigenvalue weighted by Gasteiger charge is -2.22. The Balaban J connectivity index is 1.50. The van der Waals surface area contributed by atoms with Crippen molar-refractivity contribution in [3.8, 4) is 5.75 Å². The predicted octanol–water partition coefficient (Wildman–Crippen LogP) is 3.73. The number of amides is 2. The molecule has 1 fully saturated rings. The van der Waals surface area contributed by atoms with Gasteiger partial charge in [0.1, 0.15) is 11.6 Å². The Morgan fingerprint density at radius 3 is 2.30 bits per heavy atom. The summed E-state index contributed by atoms with van der Waals surface area (Å²) in [6.45, 7) is -1.15. The van der Waals surface area contributed by atoms with Gasteiger partial charge in [-0.3, -0.25) is 9.59 Å². The number of alkyl halides is 2. The fourth-order valence-electron chi connectivity index (χ4n) is 3.42. The number of aryl methyl sites for hydroxylation is 1. The molecule has 0 bridgehead atoms. The maximum absolute atomic E-state index is 13.9. The number of carbonyl (C=O) groups is 2. The molecule has 1 aliphatic heterocycles. The molecule has 2 aromatic carbocycles. The van der Waals surface area contributed by atoms with Crippen molar-refractivity contribution >= 4 is 11.8 Å². The first-order chi connectivity index (χ1) is 14.4. The van der Waals surface area contributed by atoms with Crippen LogP contribution in [0, 0.1) is 5.82 Å². The smallest absolute Gasteiger partial charge is 0.387 e. The Morgan fingerprint density at radius 2 is 1.60 bits per heavy atom. The summed E-state index contributed by atoms with van der Waals surface area (Å²) < 4.78 is 42.6. The average Bonchev–Trinajstić information content (AvgIpc) is 2.99. The number of carbonyl (C=O) groups excluding carboxylic acids is 2. The van der Waals surface area contributed by atoms with Crippen molar-refractivity contribution in [1.82, 2.24) is 9.80 Å². The number of benzene rings is 2. The Morgan fingerprint density at radius 1 is 0.933 bits per heavy atom. The number of rotatable bonds is 6. The molecule has 0 spiro atoms. The zero-order chi connectivity index (χ0) is 21.5. The highest BCUT2D eigenvalue weighted by atomic mass is 19.3. The lowest BCUT2D eigenvalue weighted by molar-refractivity contribution is -0.131. The van der Waals surface area contributed by atoms with Gasteiger partial charge in [-0.1, -0.05) is 24.3 Å². The molecule has 0 radical (unpaired) electrons. The standard InChI is InChI=1S/C22H23F3N2O3/c23-19-5-2-1-4-18(19)21(29)27-13-3-12-26(14-15-27)20(28)11-8-16-6-9-17(10-7-16)30-22(24)25/h1-2,4-7,9-10,22H,3,8,11-15H2. The molecule has 160 valence electrons. The van der Waals surface area contributed by atoms with Gasteiger partial charge in [0.2, 0.25) is 5.91 Å². The molecule has 1 saturated heterocycles. The minimum Gasteiger partial charge on any atom is -0.435 e. The quantitative estimate of drug-likeness (QED) is 0.716. The van der Waals surface area contributed by atoms with Gasteiger partial charge >= 0.3 is 6.61 Å². The highest BCUT2D eigenvalue weighted by Gasteiger charge is 2.24. The van der Waals surface area contributed by atoms with Crippen molar-refractivity contribution in [3.05, 3.63) is 65.5 Å². The number of nitrogens with zero attached hydrogens (tertiary/aromatic N) is 2. The third kappa shape index (κ3) is 5.75. The summed E-state index contributed by atoms with van der Waals surface area (Å²) in [6.07, 6.45) is 1.37. The van der Waals surface area contributed by atoms with Gasteiger partial charge in [-0.05, 0) is 42.7 Å². The molecule has 0 aliphatic carbocycles. The van der Waals surface area contributed by atoms with E-state index >= 15 is 0 Å². The normalized spacial score (nSPS) is 14.5. The third-order valence-corrected chi connectivity index (χ3v) is 5.02. The van der Waals surface area contributed by atoms with Crippen LogP contribution in [0.5, 0.6) is 5.75 Å². The highest BCUT2D eigenvalue weighted by Crippen LogP contribution is 2.17. The topological polar surface area (TPSA) is 49.9 Å². The van der Waals surface area contributed by atoms with Gasteiger partial charge in [0, 0.05) is 32.6 Å². The molecule has 0 saturated carbocycles. The second kappa shape index (κ2) is 10.1. The van der Waals surface area contributed by atoms with Crippen LogP contribution in [0.2, 0.25) is 0 Å². The molecule has 5 nitrogen and oxygen atoms in total. The molecule has 0 unspecified atom stereocenters. The largest absolute Gasteiger partial charge is 0.435 e. The van der Waals surface area contributed by atoms with Gasteiger partial charge in [-0.25, -0.2) is 4.39 Å². The van der Waals surface area contributed by atoms with Gasteiger partial charge < -0.3 is 14.5 Å². The maximum Gasteiger partial charge on any atom is 0.387 e. The van der Waals surface area contributed by atoms with Crippen molar-refractivity contribution in [3.63, 3.8) is 0 Å². The van der Waals surface area contributed by atoms with Gasteiger partial charge in [0.15, 0.2) is 0 Å². The van der Waals surface area contributed by atoms with E-state index < -0.39 is 12.4 Å². The molecule has 0 atom stereocenters. The summed E-state index contributed by atoms with van der Waals surface area (Å²) in [5.41, 5.74) is 0.882. The highest BCUT2D eigenvalue weighted by molar-refractivity contribution is 5.94. The minimum atomic E-state index is -2.87. The van der Waals surface area contributed by atoms with Crippen LogP contribution in [0.3, 0.4) is 0 Å². The van der Waals surface area contributed by atoms with Crippen molar-refractivity contribution < 1.29 is 27.5 Å². The Labute approximate surface area is 173 Å². The van der Waals surface area contributed by atoms with Crippen molar-refractivity contribution in [1.29, 1.82) is 0 Å². The Hall–Kier alpha value is -3.03. The van der Waals surface area contributed by atoms with Crippen LogP contribution in [-0.4, -0.2) is 54.4 Å². The predicted molar refractivity (Wildman–Crippen MR) is 105 cm³/mol. The van der Waals surface area contributed by atoms with Crippen LogP contribution in [0.25, 0.3) is 0 Å². The second-order valence-electron chi connectivity index (χ2n) is 7.03. The van der Waals surface area contributed by atoms with Gasteiger partial charge in [-0.15, -0.1) is 0 Å². The molecule has 1 heterocycles. The second-order valence-corrected chi connectivity index (χ2v) is 7.03. The summed E-state index contributed by atoms with van der Waals surface area (Å²) in [4.78, 5) is 28.4. The van der Waals surface area contributed by atoms with Crippen LogP contribution in [-0.2, 0) is 11.2 Å². The first kappa shape index (κ1) is 21.7. The number of ether oxygens (including phenoxy) is 1. The monoisotopic (exact) mass is 420 g/mol. The Kier molecular flexibility index (Phi) is 7.32. The first-order valence-corrected chi connectivity index (χ1v) is 9.79. The van der Waals surface area contributed by atoms with Gasteiger partial charge in [-0.2, -0.15) is 8.78 Å². The van der Waals surface area contributed by atoms with E-state index in [4.69, 9.17) is 0 Å². The summed E-state index contributed by atoms with van der Waals surface area (Å²) in [5.74, 6) is -0.881. The van der Waals surface area contributed by atoms with E-state index in [1.54, 1.807) is 28.0 Å². The van der Waals surface area contributed by atoms with E-state index in [1.165, 1.54) is 30.3 Å². The number of hydrogen-bond acceptors (Lipinski definition) is 3. The molecule has 2 aromatic rings. The lowest BCUT2D eigenvalue weighted by atomic mass is 10.1. The fraction of sp³-hybridized carbons (Fsp3) is 0.364. The molecular formula is C22H23F3N2O3. The summed E-state index contributed by atoms with van der Waals surface area (Å²) >= 11 is 0. The first-order valence-electron chi connectivity index (χ1n) is 9.79. The van der Waals surface area contributed by atoms with E-state index in [0.717, 1.165) is 5.56 Å². The molecule has 1 aliphatic rings. The van der Waals surface area contributed by atoms with Crippen molar-refractivity contribution in [2.24, 2.45) is 0 Å². The van der Waals surface area contributed by atoms with E-state index in [1.807, 2.05) is 0 Å². The zero-order valence-corrected chi connectivity index (χ0v) is 16.4. The van der Waals surface area contributed by atoms with Crippen LogP contribution in [0.4, 0.5) is 13.2 Å². The summed E-state index contributed by atoms with van der Waals surface area (Å²) in [6, 6.07) is 12.1. The third-order valence-electron chi connectivity index (χ3n) is 5.02. The molecule has 0 aromatic heterocycles. The average molecular weight is 420 g/mol. The number of halogens is 3. The zero-order valence-electron chi connectivity index (χ0n) is 16.4. The van der Waals surface area contributed by atoms with Gasteiger partial charge in [0.25, 0.3) is 5.91 Å². The van der Waals surface area contributed by atoms with Crippen molar-refractivity contribution in [2.75, 3.05) is 26.2 Å². The number of hydrogen-bond donors (Lipinski definition) is 0. The van der Waals surface area contributed by atoms with Gasteiger partial charge in [0.05, 0.1) is 5.56 Å². The van der Waals surface area contributed by atoms with Crippen LogP contribution in [0.15, 0.2) is 48.5 Å². The summed E-state index contributed by atoms with van der Waals surface area (Å²) in [7, 11) is 0. The molecule has 30 heavy (non-hydrogen) atoms. The fourth-order valence-corrected chi connectivity index (χ4v) is 3.42. The molecule has 2 amide bonds. The van der Waals surface area contributed by atoms with E-state index in [2.05, 4.69) is 4.74 Å². The van der Waals surface area contributed by atoms with E-state index in [-0.39, 0.29) is 29.5 Å². The van der Waals surface area contributed by atoms with E-state index in [0.29, 0.717) is 39.0 Å². The molecule has 0 N–H and O–H groups in total. The maximum atomic E-state index is 13.9. The molecule has 8 heteroatoms. The summed E-state index contributed by atoms with van der Waals surface area (Å²) in [5, 5.41) is 0. The Bertz CT molecular complexity index is 874. The van der Waals surface area contributed by atoms with Crippen LogP contribution < -0.4 is 4.74 Å².